The molecule has 1 fully saturated rings. The summed E-state index contributed by atoms with van der Waals surface area (Å²) in [7, 11) is 0. The Morgan fingerprint density at radius 1 is 1.35 bits per heavy atom. The van der Waals surface area contributed by atoms with Crippen molar-refractivity contribution in [2.24, 2.45) is 5.92 Å². The van der Waals surface area contributed by atoms with Gasteiger partial charge in [-0.25, -0.2) is 4.98 Å². The Morgan fingerprint density at radius 2 is 2.20 bits per heavy atom. The molecule has 0 spiro atoms. The third-order valence-corrected chi connectivity index (χ3v) is 4.37. The Labute approximate surface area is 121 Å². The van der Waals surface area contributed by atoms with Crippen molar-refractivity contribution < 1.29 is 0 Å². The van der Waals surface area contributed by atoms with Gasteiger partial charge in [0.2, 0.25) is 0 Å². The fraction of sp³-hybridized carbons (Fsp3) is 0.588. The molecule has 1 aliphatic rings. The van der Waals surface area contributed by atoms with Gasteiger partial charge in [0, 0.05) is 19.0 Å². The average Bonchev–Trinajstić information content (AvgIpc) is 2.77. The quantitative estimate of drug-likeness (QED) is 0.924. The molecule has 1 aliphatic heterocycles. The normalized spacial score (nSPS) is 23.3. The zero-order chi connectivity index (χ0) is 13.9. The van der Waals surface area contributed by atoms with Gasteiger partial charge in [0.25, 0.3) is 0 Å². The number of para-hydroxylation sites is 2. The lowest BCUT2D eigenvalue weighted by atomic mass is 9.92. The van der Waals surface area contributed by atoms with Crippen LogP contribution >= 0.6 is 0 Å². The second kappa shape index (κ2) is 5.96. The number of nitrogens with one attached hydrogen (secondary N) is 1. The highest BCUT2D eigenvalue weighted by Crippen LogP contribution is 2.21. The second-order valence-corrected chi connectivity index (χ2v) is 6.15. The molecule has 20 heavy (non-hydrogen) atoms. The van der Waals surface area contributed by atoms with Crippen LogP contribution in [-0.2, 0) is 13.0 Å². The first-order valence-corrected chi connectivity index (χ1v) is 7.95. The molecule has 2 heterocycles. The predicted octanol–water partition coefficient (Wildman–Crippen LogP) is 3.38. The Balaban J connectivity index is 1.87. The average molecular weight is 271 g/mol. The van der Waals surface area contributed by atoms with E-state index in [9.17, 15) is 0 Å². The molecule has 0 aliphatic carbocycles. The summed E-state index contributed by atoms with van der Waals surface area (Å²) in [6.07, 6.45) is 4.79. The van der Waals surface area contributed by atoms with E-state index in [1.807, 2.05) is 0 Å². The molecule has 1 aromatic heterocycles. The molecule has 1 N–H and O–H groups in total. The Kier molecular flexibility index (Phi) is 4.06. The number of aryl methyl sites for hydroxylation is 1. The highest BCUT2D eigenvalue weighted by molar-refractivity contribution is 5.75. The fourth-order valence-corrected chi connectivity index (χ4v) is 3.35. The fourth-order valence-electron chi connectivity index (χ4n) is 3.35. The number of benzene rings is 1. The van der Waals surface area contributed by atoms with E-state index in [1.54, 1.807) is 0 Å². The third-order valence-electron chi connectivity index (χ3n) is 4.37. The van der Waals surface area contributed by atoms with Crippen LogP contribution in [-0.4, -0.2) is 22.1 Å². The van der Waals surface area contributed by atoms with Crippen LogP contribution in [0.5, 0.6) is 0 Å². The van der Waals surface area contributed by atoms with Crippen molar-refractivity contribution in [3.8, 4) is 0 Å². The number of hydrogen-bond donors (Lipinski definition) is 1. The summed E-state index contributed by atoms with van der Waals surface area (Å²) in [5.41, 5.74) is 2.42. The van der Waals surface area contributed by atoms with Crippen molar-refractivity contribution in [1.82, 2.24) is 14.9 Å². The first-order chi connectivity index (χ1) is 9.78. The van der Waals surface area contributed by atoms with Crippen LogP contribution in [0.3, 0.4) is 0 Å². The first kappa shape index (κ1) is 13.6. The smallest absolute Gasteiger partial charge is 0.111 e. The highest BCUT2D eigenvalue weighted by atomic mass is 15.1. The van der Waals surface area contributed by atoms with Crippen LogP contribution < -0.4 is 5.32 Å². The van der Waals surface area contributed by atoms with Crippen LogP contribution in [0, 0.1) is 5.92 Å². The van der Waals surface area contributed by atoms with Crippen LogP contribution in [0.4, 0.5) is 0 Å². The van der Waals surface area contributed by atoms with Gasteiger partial charge in [-0.15, -0.1) is 0 Å². The summed E-state index contributed by atoms with van der Waals surface area (Å²) in [6.45, 7) is 6.82. The number of nitrogens with zero attached hydrogens (tertiary/aromatic N) is 2. The minimum Gasteiger partial charge on any atom is -0.328 e. The second-order valence-electron chi connectivity index (χ2n) is 6.15. The van der Waals surface area contributed by atoms with Crippen LogP contribution in [0.1, 0.15) is 38.9 Å². The third kappa shape index (κ3) is 2.73. The van der Waals surface area contributed by atoms with E-state index < -0.39 is 0 Å². The van der Waals surface area contributed by atoms with Gasteiger partial charge in [0.05, 0.1) is 11.0 Å². The lowest BCUT2D eigenvalue weighted by Gasteiger charge is -2.28. The molecule has 0 amide bonds. The summed E-state index contributed by atoms with van der Waals surface area (Å²) in [5.74, 6) is 2.09. The molecule has 2 unspecified atom stereocenters. The van der Waals surface area contributed by atoms with E-state index in [1.165, 1.54) is 24.2 Å². The van der Waals surface area contributed by atoms with Crippen molar-refractivity contribution in [2.75, 3.05) is 6.54 Å². The standard InChI is InChI=1S/C17H25N3/c1-3-10-20-16-7-5-4-6-15(16)19-17(20)12-14-11-13(2)8-9-18-14/h4-7,13-14,18H,3,8-12H2,1-2H3. The topological polar surface area (TPSA) is 29.9 Å². The number of hydrogen-bond acceptors (Lipinski definition) is 2. The molecule has 2 aromatic rings. The van der Waals surface area contributed by atoms with Gasteiger partial charge >= 0.3 is 0 Å². The monoisotopic (exact) mass is 271 g/mol. The van der Waals surface area contributed by atoms with Gasteiger partial charge in [0.1, 0.15) is 5.82 Å². The van der Waals surface area contributed by atoms with E-state index in [2.05, 4.69) is 48.0 Å². The molecule has 0 saturated carbocycles. The van der Waals surface area contributed by atoms with E-state index >= 15 is 0 Å². The SMILES string of the molecule is CCCn1c(CC2CC(C)CCN2)nc2ccccc21. The van der Waals surface area contributed by atoms with E-state index in [0.717, 1.165) is 37.4 Å². The van der Waals surface area contributed by atoms with Gasteiger partial charge < -0.3 is 9.88 Å². The van der Waals surface area contributed by atoms with Crippen molar-refractivity contribution in [3.05, 3.63) is 30.1 Å². The Morgan fingerprint density at radius 3 is 3.00 bits per heavy atom. The van der Waals surface area contributed by atoms with Crippen molar-refractivity contribution >= 4 is 11.0 Å². The highest BCUT2D eigenvalue weighted by Gasteiger charge is 2.21. The number of piperidine rings is 1. The largest absolute Gasteiger partial charge is 0.328 e. The van der Waals surface area contributed by atoms with Crippen molar-refractivity contribution in [3.63, 3.8) is 0 Å². The molecule has 3 heteroatoms. The summed E-state index contributed by atoms with van der Waals surface area (Å²) < 4.78 is 2.41. The number of fused-ring (bicyclic) bond motifs is 1. The molecule has 1 aromatic carbocycles. The van der Waals surface area contributed by atoms with Gasteiger partial charge in [-0.3, -0.25) is 0 Å². The van der Waals surface area contributed by atoms with Gasteiger partial charge in [0.15, 0.2) is 0 Å². The Bertz CT molecular complexity index is 573. The van der Waals surface area contributed by atoms with Crippen molar-refractivity contribution in [1.29, 1.82) is 0 Å². The molecule has 3 rings (SSSR count). The van der Waals surface area contributed by atoms with E-state index in [0.29, 0.717) is 6.04 Å². The van der Waals surface area contributed by atoms with Gasteiger partial charge in [-0.2, -0.15) is 0 Å². The van der Waals surface area contributed by atoms with Crippen LogP contribution in [0.2, 0.25) is 0 Å². The molecule has 108 valence electrons. The van der Waals surface area contributed by atoms with Crippen LogP contribution in [0.25, 0.3) is 11.0 Å². The molecule has 2 atom stereocenters. The Hall–Kier alpha value is -1.35. The number of aromatic nitrogens is 2. The molecule has 1 saturated heterocycles. The maximum absolute atomic E-state index is 4.87. The maximum atomic E-state index is 4.87. The van der Waals surface area contributed by atoms with Crippen molar-refractivity contribution in [2.45, 2.75) is 52.1 Å². The number of imidazole rings is 1. The predicted molar refractivity (Wildman–Crippen MR) is 83.9 cm³/mol. The molecule has 0 bridgehead atoms. The summed E-state index contributed by atoms with van der Waals surface area (Å²) in [4.78, 5) is 4.87. The minimum atomic E-state index is 0.589. The van der Waals surface area contributed by atoms with Gasteiger partial charge in [-0.05, 0) is 43.9 Å². The molecule has 0 radical (unpaired) electrons. The lowest BCUT2D eigenvalue weighted by molar-refractivity contribution is 0.314. The minimum absolute atomic E-state index is 0.589. The lowest BCUT2D eigenvalue weighted by Crippen LogP contribution is -2.39. The van der Waals surface area contributed by atoms with Crippen LogP contribution in [0.15, 0.2) is 24.3 Å². The summed E-state index contributed by atoms with van der Waals surface area (Å²) in [5, 5.41) is 3.66. The first-order valence-electron chi connectivity index (χ1n) is 7.95. The molecular formula is C17H25N3. The summed E-state index contributed by atoms with van der Waals surface area (Å²) >= 11 is 0. The zero-order valence-corrected chi connectivity index (χ0v) is 12.6. The molecular weight excluding hydrogens is 246 g/mol. The number of rotatable bonds is 4. The summed E-state index contributed by atoms with van der Waals surface area (Å²) in [6, 6.07) is 9.10. The zero-order valence-electron chi connectivity index (χ0n) is 12.6. The maximum Gasteiger partial charge on any atom is 0.111 e. The van der Waals surface area contributed by atoms with E-state index in [4.69, 9.17) is 4.98 Å². The van der Waals surface area contributed by atoms with E-state index in [-0.39, 0.29) is 0 Å². The van der Waals surface area contributed by atoms with Gasteiger partial charge in [-0.1, -0.05) is 26.0 Å². The molecule has 3 nitrogen and oxygen atoms in total.